The number of hydrogen-bond donors (Lipinski definition) is 1. The van der Waals surface area contributed by atoms with Gasteiger partial charge in [-0.05, 0) is 6.07 Å². The standard InChI is InChI=1S/C14H9F10NO4/c1-28-7-4-2-3-6(5-25-9(26)11(15,16)13(19,20)21)8(7)29-10(27)12(17,18)14(22,23)24/h2-4H,5H2,1H3,(H,25,26). The Kier molecular flexibility index (Phi) is 6.66. The zero-order chi connectivity index (χ0) is 22.8. The molecule has 0 atom stereocenters. The first-order valence-electron chi connectivity index (χ1n) is 7.02. The molecule has 0 aliphatic carbocycles. The maximum absolute atomic E-state index is 13.0. The van der Waals surface area contributed by atoms with Crippen molar-refractivity contribution in [1.82, 2.24) is 5.32 Å². The molecule has 1 aromatic rings. The molecule has 0 unspecified atom stereocenters. The molecule has 1 amide bonds. The zero-order valence-corrected chi connectivity index (χ0v) is 13.9. The maximum Gasteiger partial charge on any atom is 0.465 e. The third-order valence-corrected chi connectivity index (χ3v) is 3.17. The fourth-order valence-electron chi connectivity index (χ4n) is 1.66. The van der Waals surface area contributed by atoms with E-state index in [1.807, 2.05) is 0 Å². The van der Waals surface area contributed by atoms with Crippen LogP contribution >= 0.6 is 0 Å². The first-order valence-corrected chi connectivity index (χ1v) is 7.02. The fourth-order valence-corrected chi connectivity index (χ4v) is 1.66. The molecule has 1 aromatic carbocycles. The minimum atomic E-state index is -6.34. The summed E-state index contributed by atoms with van der Waals surface area (Å²) in [6, 6.07) is 2.67. The van der Waals surface area contributed by atoms with Crippen LogP contribution in [0.25, 0.3) is 0 Å². The monoisotopic (exact) mass is 445 g/mol. The predicted octanol–water partition coefficient (Wildman–Crippen LogP) is 3.61. The number of ether oxygens (including phenoxy) is 2. The van der Waals surface area contributed by atoms with Crippen LogP contribution in [0.5, 0.6) is 11.5 Å². The number of esters is 1. The molecule has 0 aromatic heterocycles. The molecule has 0 spiro atoms. The quantitative estimate of drug-likeness (QED) is 0.413. The normalized spacial score (nSPS) is 13.1. The molecule has 0 heterocycles. The van der Waals surface area contributed by atoms with E-state index < -0.39 is 59.7 Å². The molecule has 0 fully saturated rings. The average Bonchev–Trinajstić information content (AvgIpc) is 2.58. The minimum absolute atomic E-state index is 0.648. The van der Waals surface area contributed by atoms with E-state index in [1.165, 1.54) is 0 Å². The highest BCUT2D eigenvalue weighted by Gasteiger charge is 2.65. The van der Waals surface area contributed by atoms with E-state index in [0.717, 1.165) is 30.6 Å². The summed E-state index contributed by atoms with van der Waals surface area (Å²) >= 11 is 0. The smallest absolute Gasteiger partial charge is 0.465 e. The Labute approximate surface area is 154 Å². The van der Waals surface area contributed by atoms with Crippen LogP contribution in [-0.2, 0) is 16.1 Å². The van der Waals surface area contributed by atoms with Crippen LogP contribution in [0.3, 0.4) is 0 Å². The lowest BCUT2D eigenvalue weighted by atomic mass is 10.1. The number of rotatable bonds is 6. The molecule has 1 N–H and O–H groups in total. The number of halogens is 10. The Morgan fingerprint density at radius 3 is 1.86 bits per heavy atom. The summed E-state index contributed by atoms with van der Waals surface area (Å²) in [5.41, 5.74) is -0.706. The largest absolute Gasteiger partial charge is 0.493 e. The van der Waals surface area contributed by atoms with E-state index in [0.29, 0.717) is 0 Å². The number of nitrogens with one attached hydrogen (secondary N) is 1. The molecule has 0 aliphatic heterocycles. The minimum Gasteiger partial charge on any atom is -0.493 e. The second-order valence-electron chi connectivity index (χ2n) is 5.17. The van der Waals surface area contributed by atoms with Gasteiger partial charge in [0.25, 0.3) is 0 Å². The molecule has 0 saturated carbocycles. The Balaban J connectivity index is 3.17. The second kappa shape index (κ2) is 7.94. The molecular weight excluding hydrogens is 436 g/mol. The predicted molar refractivity (Wildman–Crippen MR) is 72.5 cm³/mol. The number of methoxy groups -OCH3 is 1. The maximum atomic E-state index is 13.0. The van der Waals surface area contributed by atoms with Crippen molar-refractivity contribution in [1.29, 1.82) is 0 Å². The molecular formula is C14H9F10NO4. The highest BCUT2D eigenvalue weighted by Crippen LogP contribution is 2.39. The van der Waals surface area contributed by atoms with Crippen LogP contribution < -0.4 is 14.8 Å². The third kappa shape index (κ3) is 5.00. The van der Waals surface area contributed by atoms with E-state index in [4.69, 9.17) is 0 Å². The first-order chi connectivity index (χ1) is 13.0. The molecule has 1 rings (SSSR count). The van der Waals surface area contributed by atoms with E-state index in [9.17, 15) is 53.5 Å². The van der Waals surface area contributed by atoms with E-state index in [2.05, 4.69) is 9.47 Å². The topological polar surface area (TPSA) is 64.6 Å². The van der Waals surface area contributed by atoms with Gasteiger partial charge < -0.3 is 14.8 Å². The van der Waals surface area contributed by atoms with Crippen molar-refractivity contribution in [3.63, 3.8) is 0 Å². The van der Waals surface area contributed by atoms with Gasteiger partial charge in [0.2, 0.25) is 0 Å². The SMILES string of the molecule is COc1cccc(CNC(=O)C(F)(F)C(F)(F)F)c1OC(=O)C(F)(F)C(F)(F)F. The Morgan fingerprint density at radius 1 is 0.897 bits per heavy atom. The summed E-state index contributed by atoms with van der Waals surface area (Å²) in [5.74, 6) is -19.6. The lowest BCUT2D eigenvalue weighted by Crippen LogP contribution is -2.50. The Hall–Kier alpha value is -2.74. The molecule has 164 valence electrons. The van der Waals surface area contributed by atoms with Crippen LogP contribution in [0.1, 0.15) is 5.56 Å². The van der Waals surface area contributed by atoms with Gasteiger partial charge in [0, 0.05) is 12.1 Å². The van der Waals surface area contributed by atoms with Crippen molar-refractivity contribution in [2.24, 2.45) is 0 Å². The van der Waals surface area contributed by atoms with Gasteiger partial charge in [-0.3, -0.25) is 4.79 Å². The molecule has 0 bridgehead atoms. The Morgan fingerprint density at radius 2 is 1.41 bits per heavy atom. The van der Waals surface area contributed by atoms with Gasteiger partial charge in [-0.25, -0.2) is 4.79 Å². The first kappa shape index (κ1) is 24.3. The van der Waals surface area contributed by atoms with Crippen LogP contribution in [0.2, 0.25) is 0 Å². The van der Waals surface area contributed by atoms with Gasteiger partial charge >= 0.3 is 36.1 Å². The lowest BCUT2D eigenvalue weighted by molar-refractivity contribution is -0.276. The van der Waals surface area contributed by atoms with Gasteiger partial charge in [-0.1, -0.05) is 12.1 Å². The summed E-state index contributed by atoms with van der Waals surface area (Å²) in [6.45, 7) is -1.26. The van der Waals surface area contributed by atoms with Crippen molar-refractivity contribution >= 4 is 11.9 Å². The number of carbonyl (C=O) groups is 2. The molecule has 15 heteroatoms. The Bertz CT molecular complexity index is 773. The highest BCUT2D eigenvalue weighted by molar-refractivity contribution is 5.84. The summed E-state index contributed by atoms with van der Waals surface area (Å²) in [6.07, 6.45) is -12.6. The van der Waals surface area contributed by atoms with Gasteiger partial charge in [0.1, 0.15) is 0 Å². The summed E-state index contributed by atoms with van der Waals surface area (Å²) < 4.78 is 134. The average molecular weight is 445 g/mol. The van der Waals surface area contributed by atoms with Gasteiger partial charge in [-0.15, -0.1) is 0 Å². The van der Waals surface area contributed by atoms with Gasteiger partial charge in [0.15, 0.2) is 11.5 Å². The number of benzene rings is 1. The van der Waals surface area contributed by atoms with Crippen molar-refractivity contribution in [3.05, 3.63) is 23.8 Å². The van der Waals surface area contributed by atoms with E-state index in [1.54, 1.807) is 0 Å². The molecule has 0 saturated heterocycles. The fraction of sp³-hybridized carbons (Fsp3) is 0.429. The van der Waals surface area contributed by atoms with Crippen molar-refractivity contribution in [3.8, 4) is 11.5 Å². The number of para-hydroxylation sites is 1. The molecule has 5 nitrogen and oxygen atoms in total. The molecule has 0 radical (unpaired) electrons. The van der Waals surface area contributed by atoms with E-state index in [-0.39, 0.29) is 0 Å². The number of alkyl halides is 10. The van der Waals surface area contributed by atoms with Crippen LogP contribution in [0.4, 0.5) is 43.9 Å². The van der Waals surface area contributed by atoms with Crippen LogP contribution in [0.15, 0.2) is 18.2 Å². The number of carbonyl (C=O) groups excluding carboxylic acids is 2. The van der Waals surface area contributed by atoms with Gasteiger partial charge in [0.05, 0.1) is 7.11 Å². The summed E-state index contributed by atoms with van der Waals surface area (Å²) in [4.78, 5) is 22.3. The zero-order valence-electron chi connectivity index (χ0n) is 13.9. The van der Waals surface area contributed by atoms with Crippen molar-refractivity contribution in [2.45, 2.75) is 30.7 Å². The summed E-state index contributed by atoms with van der Waals surface area (Å²) in [5, 5.41) is 1.11. The summed E-state index contributed by atoms with van der Waals surface area (Å²) in [7, 11) is 0.856. The number of hydrogen-bond acceptors (Lipinski definition) is 4. The second-order valence-corrected chi connectivity index (χ2v) is 5.17. The van der Waals surface area contributed by atoms with Crippen LogP contribution in [-0.4, -0.2) is 43.2 Å². The third-order valence-electron chi connectivity index (χ3n) is 3.17. The molecule has 0 aliphatic rings. The highest BCUT2D eigenvalue weighted by atomic mass is 19.4. The number of amides is 1. The molecule has 29 heavy (non-hydrogen) atoms. The van der Waals surface area contributed by atoms with Crippen molar-refractivity contribution < 1.29 is 63.0 Å². The van der Waals surface area contributed by atoms with Gasteiger partial charge in [-0.2, -0.15) is 43.9 Å². The van der Waals surface area contributed by atoms with Crippen LogP contribution in [0, 0.1) is 0 Å². The van der Waals surface area contributed by atoms with E-state index >= 15 is 0 Å². The lowest BCUT2D eigenvalue weighted by Gasteiger charge is -2.21. The van der Waals surface area contributed by atoms with Crippen molar-refractivity contribution in [2.75, 3.05) is 7.11 Å².